The standard InChI is InChI=1S/C12H24N4O2/c1-14-11(17)4-8-16-7-2-3-10(9-16)12(18)15-6-5-13/h10H,2-9,13H2,1H3,(H,14,17)(H,15,18). The first-order valence-corrected chi connectivity index (χ1v) is 6.58. The van der Waals surface area contributed by atoms with Crippen molar-refractivity contribution in [3.8, 4) is 0 Å². The summed E-state index contributed by atoms with van der Waals surface area (Å²) in [7, 11) is 1.64. The van der Waals surface area contributed by atoms with Gasteiger partial charge in [-0.1, -0.05) is 0 Å². The van der Waals surface area contributed by atoms with E-state index in [4.69, 9.17) is 5.73 Å². The molecule has 4 N–H and O–H groups in total. The predicted octanol–water partition coefficient (Wildman–Crippen LogP) is -1.09. The zero-order chi connectivity index (χ0) is 13.4. The molecule has 0 aromatic rings. The number of amides is 2. The van der Waals surface area contributed by atoms with Gasteiger partial charge < -0.3 is 21.3 Å². The smallest absolute Gasteiger partial charge is 0.224 e. The summed E-state index contributed by atoms with van der Waals surface area (Å²) in [4.78, 5) is 25.2. The Morgan fingerprint density at radius 3 is 2.89 bits per heavy atom. The van der Waals surface area contributed by atoms with Crippen LogP contribution in [0.5, 0.6) is 0 Å². The van der Waals surface area contributed by atoms with Crippen molar-refractivity contribution in [3.63, 3.8) is 0 Å². The van der Waals surface area contributed by atoms with Crippen LogP contribution in [0.2, 0.25) is 0 Å². The van der Waals surface area contributed by atoms with Crippen molar-refractivity contribution in [3.05, 3.63) is 0 Å². The summed E-state index contributed by atoms with van der Waals surface area (Å²) in [5.41, 5.74) is 5.36. The van der Waals surface area contributed by atoms with Crippen LogP contribution in [0.25, 0.3) is 0 Å². The first-order chi connectivity index (χ1) is 8.67. The number of likely N-dealkylation sites (tertiary alicyclic amines) is 1. The lowest BCUT2D eigenvalue weighted by Gasteiger charge is -2.31. The van der Waals surface area contributed by atoms with Crippen LogP contribution in [-0.2, 0) is 9.59 Å². The molecule has 0 aliphatic carbocycles. The summed E-state index contributed by atoms with van der Waals surface area (Å²) in [5, 5.41) is 5.44. The van der Waals surface area contributed by atoms with Gasteiger partial charge in [0, 0.05) is 39.6 Å². The Balaban J connectivity index is 2.31. The molecule has 104 valence electrons. The molecular formula is C12H24N4O2. The second kappa shape index (κ2) is 8.05. The third kappa shape index (κ3) is 5.01. The second-order valence-corrected chi connectivity index (χ2v) is 4.64. The fourth-order valence-corrected chi connectivity index (χ4v) is 2.20. The Morgan fingerprint density at radius 2 is 2.22 bits per heavy atom. The van der Waals surface area contributed by atoms with Gasteiger partial charge in [-0.3, -0.25) is 9.59 Å². The zero-order valence-corrected chi connectivity index (χ0v) is 11.1. The number of hydrogen-bond donors (Lipinski definition) is 3. The van der Waals surface area contributed by atoms with Gasteiger partial charge in [-0.15, -0.1) is 0 Å². The van der Waals surface area contributed by atoms with Crippen LogP contribution >= 0.6 is 0 Å². The van der Waals surface area contributed by atoms with Gasteiger partial charge in [0.2, 0.25) is 11.8 Å². The highest BCUT2D eigenvalue weighted by Gasteiger charge is 2.25. The number of nitrogens with zero attached hydrogens (tertiary/aromatic N) is 1. The van der Waals surface area contributed by atoms with Gasteiger partial charge in [-0.2, -0.15) is 0 Å². The van der Waals surface area contributed by atoms with E-state index in [1.807, 2.05) is 0 Å². The topological polar surface area (TPSA) is 87.5 Å². The lowest BCUT2D eigenvalue weighted by atomic mass is 9.97. The summed E-state index contributed by atoms with van der Waals surface area (Å²) in [6.07, 6.45) is 2.43. The Labute approximate surface area is 108 Å². The van der Waals surface area contributed by atoms with Gasteiger partial charge in [0.15, 0.2) is 0 Å². The normalized spacial score (nSPS) is 20.4. The van der Waals surface area contributed by atoms with Crippen molar-refractivity contribution in [1.82, 2.24) is 15.5 Å². The van der Waals surface area contributed by atoms with Gasteiger partial charge in [0.25, 0.3) is 0 Å². The minimum absolute atomic E-state index is 0.0370. The molecule has 1 heterocycles. The highest BCUT2D eigenvalue weighted by Crippen LogP contribution is 2.16. The van der Waals surface area contributed by atoms with E-state index in [2.05, 4.69) is 15.5 Å². The second-order valence-electron chi connectivity index (χ2n) is 4.64. The van der Waals surface area contributed by atoms with Gasteiger partial charge in [-0.25, -0.2) is 0 Å². The molecule has 6 nitrogen and oxygen atoms in total. The van der Waals surface area contributed by atoms with Gasteiger partial charge >= 0.3 is 0 Å². The summed E-state index contributed by atoms with van der Waals surface area (Å²) < 4.78 is 0. The van der Waals surface area contributed by atoms with Crippen LogP contribution < -0.4 is 16.4 Å². The van der Waals surface area contributed by atoms with Gasteiger partial charge in [-0.05, 0) is 19.4 Å². The number of carbonyl (C=O) groups is 2. The summed E-state index contributed by atoms with van der Waals surface area (Å²) in [6, 6.07) is 0. The van der Waals surface area contributed by atoms with Crippen LogP contribution in [0.15, 0.2) is 0 Å². The lowest BCUT2D eigenvalue weighted by molar-refractivity contribution is -0.126. The largest absolute Gasteiger partial charge is 0.359 e. The summed E-state index contributed by atoms with van der Waals surface area (Å²) in [5.74, 6) is 0.171. The number of carbonyl (C=O) groups excluding carboxylic acids is 2. The average Bonchev–Trinajstić information content (AvgIpc) is 2.42. The fourth-order valence-electron chi connectivity index (χ4n) is 2.20. The SMILES string of the molecule is CNC(=O)CCN1CCCC(C(=O)NCCN)C1. The van der Waals surface area contributed by atoms with Crippen molar-refractivity contribution in [2.24, 2.45) is 11.7 Å². The Bertz CT molecular complexity index is 283. The van der Waals surface area contributed by atoms with E-state index in [1.54, 1.807) is 7.05 Å². The molecule has 6 heteroatoms. The average molecular weight is 256 g/mol. The number of nitrogens with one attached hydrogen (secondary N) is 2. The van der Waals surface area contributed by atoms with E-state index in [9.17, 15) is 9.59 Å². The molecule has 1 rings (SSSR count). The van der Waals surface area contributed by atoms with Crippen molar-refractivity contribution in [1.29, 1.82) is 0 Å². The molecule has 0 aromatic carbocycles. The summed E-state index contributed by atoms with van der Waals surface area (Å²) >= 11 is 0. The van der Waals surface area contributed by atoms with Crippen molar-refractivity contribution in [2.45, 2.75) is 19.3 Å². The van der Waals surface area contributed by atoms with E-state index < -0.39 is 0 Å². The quantitative estimate of drug-likeness (QED) is 0.563. The van der Waals surface area contributed by atoms with Crippen LogP contribution in [0.4, 0.5) is 0 Å². The van der Waals surface area contributed by atoms with Crippen molar-refractivity contribution in [2.75, 3.05) is 39.8 Å². The molecule has 1 aliphatic heterocycles. The lowest BCUT2D eigenvalue weighted by Crippen LogP contribution is -2.44. The van der Waals surface area contributed by atoms with Crippen LogP contribution in [0, 0.1) is 5.92 Å². The number of rotatable bonds is 6. The maximum atomic E-state index is 11.8. The van der Waals surface area contributed by atoms with E-state index >= 15 is 0 Å². The van der Waals surface area contributed by atoms with Crippen molar-refractivity contribution >= 4 is 11.8 Å². The van der Waals surface area contributed by atoms with Gasteiger partial charge in [0.1, 0.15) is 0 Å². The molecule has 0 spiro atoms. The van der Waals surface area contributed by atoms with E-state index in [0.29, 0.717) is 19.5 Å². The molecule has 1 unspecified atom stereocenters. The Hall–Kier alpha value is -1.14. The zero-order valence-electron chi connectivity index (χ0n) is 11.1. The molecule has 1 aliphatic rings. The third-order valence-corrected chi connectivity index (χ3v) is 3.25. The van der Waals surface area contributed by atoms with E-state index in [-0.39, 0.29) is 17.7 Å². The summed E-state index contributed by atoms with van der Waals surface area (Å²) in [6.45, 7) is 3.44. The monoisotopic (exact) mass is 256 g/mol. The first-order valence-electron chi connectivity index (χ1n) is 6.58. The van der Waals surface area contributed by atoms with Crippen LogP contribution in [0.3, 0.4) is 0 Å². The number of nitrogens with two attached hydrogens (primary N) is 1. The number of hydrogen-bond acceptors (Lipinski definition) is 4. The maximum Gasteiger partial charge on any atom is 0.224 e. The molecule has 1 saturated heterocycles. The highest BCUT2D eigenvalue weighted by atomic mass is 16.2. The molecular weight excluding hydrogens is 232 g/mol. The molecule has 2 amide bonds. The molecule has 18 heavy (non-hydrogen) atoms. The molecule has 0 radical (unpaired) electrons. The molecule has 0 saturated carbocycles. The first kappa shape index (κ1) is 14.9. The van der Waals surface area contributed by atoms with E-state index in [0.717, 1.165) is 32.5 Å². The predicted molar refractivity (Wildman–Crippen MR) is 69.9 cm³/mol. The minimum atomic E-state index is 0.0370. The van der Waals surface area contributed by atoms with Gasteiger partial charge in [0.05, 0.1) is 5.92 Å². The Morgan fingerprint density at radius 1 is 1.44 bits per heavy atom. The third-order valence-electron chi connectivity index (χ3n) is 3.25. The van der Waals surface area contributed by atoms with Crippen LogP contribution in [0.1, 0.15) is 19.3 Å². The van der Waals surface area contributed by atoms with E-state index in [1.165, 1.54) is 0 Å². The fraction of sp³-hybridized carbons (Fsp3) is 0.833. The highest BCUT2D eigenvalue weighted by molar-refractivity contribution is 5.79. The molecule has 0 aromatic heterocycles. The maximum absolute atomic E-state index is 11.8. The van der Waals surface area contributed by atoms with Crippen LogP contribution in [-0.4, -0.2) is 56.5 Å². The molecule has 0 bridgehead atoms. The molecule has 1 atom stereocenters. The molecule has 1 fully saturated rings. The Kier molecular flexibility index (Phi) is 6.67. The number of piperidine rings is 1. The van der Waals surface area contributed by atoms with Crippen molar-refractivity contribution < 1.29 is 9.59 Å². The minimum Gasteiger partial charge on any atom is -0.359 e.